The molecule has 2 aromatic carbocycles. The van der Waals surface area contributed by atoms with Gasteiger partial charge in [-0.3, -0.25) is 9.48 Å². The second kappa shape index (κ2) is 10.5. The summed E-state index contributed by atoms with van der Waals surface area (Å²) in [6.07, 6.45) is -1.26. The van der Waals surface area contributed by atoms with Crippen molar-refractivity contribution in [2.24, 2.45) is 4.99 Å². The molecule has 2 aliphatic rings. The number of thioether (sulfide) groups is 1. The normalized spacial score (nSPS) is 19.8. The number of fused-ring (bicyclic) bond motifs is 1. The molecular weight excluding hydrogens is 529 g/mol. The van der Waals surface area contributed by atoms with Crippen LogP contribution in [0.25, 0.3) is 17.0 Å². The lowest BCUT2D eigenvalue weighted by Gasteiger charge is -2.33. The first-order valence-electron chi connectivity index (χ1n) is 11.4. The van der Waals surface area contributed by atoms with Gasteiger partial charge in [0.1, 0.15) is 0 Å². The van der Waals surface area contributed by atoms with Crippen LogP contribution in [0.5, 0.6) is 0 Å². The highest BCUT2D eigenvalue weighted by Crippen LogP contribution is 2.35. The third-order valence-corrected chi connectivity index (χ3v) is 7.31. The molecule has 0 radical (unpaired) electrons. The smallest absolute Gasteiger partial charge is 0.382 e. The third kappa shape index (κ3) is 5.69. The Morgan fingerprint density at radius 1 is 1.27 bits per heavy atom. The van der Waals surface area contributed by atoms with E-state index in [0.29, 0.717) is 41.9 Å². The predicted octanol–water partition coefficient (Wildman–Crippen LogP) is 5.07. The molecule has 5 rings (SSSR count). The van der Waals surface area contributed by atoms with Crippen molar-refractivity contribution < 1.29 is 27.4 Å². The Kier molecular flexibility index (Phi) is 7.30. The number of carbonyl (C=O) groups excluding carboxylic acids is 1. The van der Waals surface area contributed by atoms with E-state index in [1.807, 2.05) is 11.0 Å². The average Bonchev–Trinajstić information content (AvgIpc) is 3.43. The van der Waals surface area contributed by atoms with E-state index in [1.165, 1.54) is 28.6 Å². The third-order valence-electron chi connectivity index (χ3n) is 6.03. The molecule has 1 saturated heterocycles. The molecule has 1 atom stereocenters. The fraction of sp³-hybridized carbons (Fsp3) is 0.320. The van der Waals surface area contributed by atoms with Gasteiger partial charge in [-0.25, -0.2) is 0 Å². The molecule has 37 heavy (non-hydrogen) atoms. The van der Waals surface area contributed by atoms with E-state index in [1.54, 1.807) is 31.5 Å². The minimum Gasteiger partial charge on any atom is -0.382 e. The molecule has 0 aliphatic carbocycles. The van der Waals surface area contributed by atoms with Crippen LogP contribution in [0.15, 0.2) is 52.5 Å². The molecular formula is C25H22ClF3N4O3S. The monoisotopic (exact) mass is 550 g/mol. The number of ether oxygens (including phenoxy) is 2. The van der Waals surface area contributed by atoms with E-state index < -0.39 is 11.7 Å². The van der Waals surface area contributed by atoms with Crippen LogP contribution < -0.4 is 0 Å². The first-order chi connectivity index (χ1) is 17.7. The molecule has 3 aromatic rings. The summed E-state index contributed by atoms with van der Waals surface area (Å²) in [6, 6.07) is 9.14. The zero-order chi connectivity index (χ0) is 26.2. The highest BCUT2D eigenvalue weighted by atomic mass is 35.5. The van der Waals surface area contributed by atoms with Crippen LogP contribution in [0.4, 0.5) is 13.2 Å². The van der Waals surface area contributed by atoms with Crippen molar-refractivity contribution in [2.45, 2.75) is 18.8 Å². The molecule has 3 heterocycles. The van der Waals surface area contributed by atoms with Gasteiger partial charge in [0.2, 0.25) is 0 Å². The molecule has 7 nitrogen and oxygen atoms in total. The van der Waals surface area contributed by atoms with Crippen LogP contribution in [-0.4, -0.2) is 65.3 Å². The number of morpholine rings is 1. The van der Waals surface area contributed by atoms with Crippen LogP contribution in [-0.2, 0) is 27.0 Å². The zero-order valence-corrected chi connectivity index (χ0v) is 21.2. The first-order valence-corrected chi connectivity index (χ1v) is 12.6. The van der Waals surface area contributed by atoms with E-state index in [-0.39, 0.29) is 29.1 Å². The Balaban J connectivity index is 1.33. The number of methoxy groups -OCH3 is 1. The zero-order valence-electron chi connectivity index (χ0n) is 19.7. The van der Waals surface area contributed by atoms with Crippen LogP contribution >= 0.6 is 23.4 Å². The van der Waals surface area contributed by atoms with Gasteiger partial charge in [-0.1, -0.05) is 23.7 Å². The number of alkyl halides is 3. The Labute approximate surface area is 219 Å². The maximum Gasteiger partial charge on any atom is 0.416 e. The number of rotatable bonds is 5. The van der Waals surface area contributed by atoms with Crippen molar-refractivity contribution >= 4 is 51.4 Å². The molecule has 0 saturated carbocycles. The van der Waals surface area contributed by atoms with Crippen LogP contribution in [0, 0.1) is 0 Å². The van der Waals surface area contributed by atoms with Crippen molar-refractivity contribution in [2.75, 3.05) is 33.4 Å². The Bertz CT molecular complexity index is 1400. The summed E-state index contributed by atoms with van der Waals surface area (Å²) in [5.74, 6) is -0.312. The molecule has 0 bridgehead atoms. The summed E-state index contributed by atoms with van der Waals surface area (Å²) in [4.78, 5) is 19.3. The van der Waals surface area contributed by atoms with Gasteiger partial charge in [-0.2, -0.15) is 23.3 Å². The lowest BCUT2D eigenvalue weighted by molar-refractivity contribution is -0.138. The van der Waals surface area contributed by atoms with Crippen LogP contribution in [0.3, 0.4) is 0 Å². The molecule has 1 unspecified atom stereocenters. The van der Waals surface area contributed by atoms with Crippen LogP contribution in [0.2, 0.25) is 5.02 Å². The number of hydrogen-bond acceptors (Lipinski definition) is 6. The molecule has 0 spiro atoms. The van der Waals surface area contributed by atoms with Crippen LogP contribution in [0.1, 0.15) is 16.7 Å². The van der Waals surface area contributed by atoms with E-state index in [4.69, 9.17) is 21.1 Å². The molecule has 2 aliphatic heterocycles. The van der Waals surface area contributed by atoms with E-state index >= 15 is 0 Å². The van der Waals surface area contributed by atoms with Crippen molar-refractivity contribution in [1.29, 1.82) is 0 Å². The summed E-state index contributed by atoms with van der Waals surface area (Å²) < 4.78 is 52.8. The predicted molar refractivity (Wildman–Crippen MR) is 136 cm³/mol. The number of nitrogens with zero attached hydrogens (tertiary/aromatic N) is 4. The van der Waals surface area contributed by atoms with Crippen molar-refractivity contribution in [3.8, 4) is 0 Å². The summed E-state index contributed by atoms with van der Waals surface area (Å²) >= 11 is 7.11. The molecule has 1 fully saturated rings. The lowest BCUT2D eigenvalue weighted by atomic mass is 10.1. The largest absolute Gasteiger partial charge is 0.416 e. The Morgan fingerprint density at radius 2 is 2.11 bits per heavy atom. The minimum atomic E-state index is -4.53. The summed E-state index contributed by atoms with van der Waals surface area (Å²) in [5, 5.41) is 5.69. The van der Waals surface area contributed by atoms with Crippen molar-refractivity contribution in [1.82, 2.24) is 14.7 Å². The molecule has 194 valence electrons. The van der Waals surface area contributed by atoms with E-state index in [2.05, 4.69) is 10.1 Å². The Hall–Kier alpha value is -2.86. The standard InChI is InChI=1S/C25H22ClF3N4O3S/c1-35-14-19-13-32(6-7-36-19)24-31-23(34)22(37-24)9-15-2-5-21-17(8-15)11-30-33(21)12-16-3-4-18(26)10-20(16)25(27,28)29/h2-5,8-11,19H,6-7,12-14H2,1H3/b22-9+. The minimum absolute atomic E-state index is 0.0222. The fourth-order valence-corrected chi connectivity index (χ4v) is 5.42. The number of benzene rings is 2. The molecule has 12 heteroatoms. The van der Waals surface area contributed by atoms with Gasteiger partial charge < -0.3 is 14.4 Å². The second-order valence-corrected chi connectivity index (χ2v) is 10.1. The van der Waals surface area contributed by atoms with Gasteiger partial charge in [-0.05, 0) is 53.2 Å². The number of hydrogen-bond donors (Lipinski definition) is 0. The SMILES string of the molecule is COCC1CN(C2=NC(=O)/C(=C\c3ccc4c(cnn4Cc4ccc(Cl)cc4C(F)(F)F)c3)S2)CCO1. The van der Waals surface area contributed by atoms with Gasteiger partial charge in [-0.15, -0.1) is 0 Å². The number of amidine groups is 1. The molecule has 1 amide bonds. The van der Waals surface area contributed by atoms with Gasteiger partial charge in [0.15, 0.2) is 5.17 Å². The van der Waals surface area contributed by atoms with E-state index in [9.17, 15) is 18.0 Å². The lowest BCUT2D eigenvalue weighted by Crippen LogP contribution is -2.46. The maximum absolute atomic E-state index is 13.5. The number of halogens is 4. The highest BCUT2D eigenvalue weighted by Gasteiger charge is 2.34. The fourth-order valence-electron chi connectivity index (χ4n) is 4.30. The summed E-state index contributed by atoms with van der Waals surface area (Å²) in [6.45, 7) is 2.16. The van der Waals surface area contributed by atoms with Crippen molar-refractivity contribution in [3.05, 3.63) is 69.2 Å². The Morgan fingerprint density at radius 3 is 2.89 bits per heavy atom. The van der Waals surface area contributed by atoms with Gasteiger partial charge in [0.25, 0.3) is 5.91 Å². The first kappa shape index (κ1) is 25.8. The number of aromatic nitrogens is 2. The quantitative estimate of drug-likeness (QED) is 0.413. The maximum atomic E-state index is 13.5. The van der Waals surface area contributed by atoms with Gasteiger partial charge in [0, 0.05) is 30.6 Å². The average molecular weight is 551 g/mol. The molecule has 1 aromatic heterocycles. The topological polar surface area (TPSA) is 69.0 Å². The van der Waals surface area contributed by atoms with E-state index in [0.717, 1.165) is 17.0 Å². The van der Waals surface area contributed by atoms with Crippen molar-refractivity contribution in [3.63, 3.8) is 0 Å². The number of aliphatic imine (C=N–C) groups is 1. The summed E-state index contributed by atoms with van der Waals surface area (Å²) in [5.41, 5.74) is 0.721. The second-order valence-electron chi connectivity index (χ2n) is 8.62. The van der Waals surface area contributed by atoms with Gasteiger partial charge in [0.05, 0.1) is 48.0 Å². The summed E-state index contributed by atoms with van der Waals surface area (Å²) in [7, 11) is 1.62. The van der Waals surface area contributed by atoms with Gasteiger partial charge >= 0.3 is 6.18 Å². The highest BCUT2D eigenvalue weighted by molar-refractivity contribution is 8.18. The molecule has 0 N–H and O–H groups in total. The number of amides is 1. The number of carbonyl (C=O) groups is 1.